The Bertz CT molecular complexity index is 676. The predicted octanol–water partition coefficient (Wildman–Crippen LogP) is 2.08. The lowest BCUT2D eigenvalue weighted by Gasteiger charge is -2.13. The van der Waals surface area contributed by atoms with Gasteiger partial charge in [-0.2, -0.15) is 5.10 Å². The lowest BCUT2D eigenvalue weighted by atomic mass is 10.1. The minimum atomic E-state index is -0.128. The summed E-state index contributed by atoms with van der Waals surface area (Å²) in [6.07, 6.45) is 0.889. The Hall–Kier alpha value is -1.57. The van der Waals surface area contributed by atoms with Gasteiger partial charge in [-0.05, 0) is 18.2 Å². The molecular weight excluding hydrogens is 382 g/mol. The number of rotatable bonds is 5. The van der Waals surface area contributed by atoms with Crippen molar-refractivity contribution < 1.29 is 4.79 Å². The maximum absolute atomic E-state index is 12.2. The highest BCUT2D eigenvalue weighted by Crippen LogP contribution is 2.16. The van der Waals surface area contributed by atoms with Crippen molar-refractivity contribution in [3.8, 4) is 0 Å². The van der Waals surface area contributed by atoms with E-state index in [9.17, 15) is 4.79 Å². The third kappa shape index (κ3) is 4.46. The highest BCUT2D eigenvalue weighted by atomic mass is 79.9. The van der Waals surface area contributed by atoms with E-state index in [0.717, 1.165) is 34.4 Å². The summed E-state index contributed by atoms with van der Waals surface area (Å²) in [7, 11) is 0. The zero-order chi connectivity index (χ0) is 15.4. The molecule has 1 aliphatic rings. The fraction of sp³-hybridized carbons (Fsp3) is 0.333. The van der Waals surface area contributed by atoms with E-state index in [1.807, 2.05) is 24.3 Å². The number of fused-ring (bicyclic) bond motifs is 1. The van der Waals surface area contributed by atoms with E-state index in [0.29, 0.717) is 25.3 Å². The number of nitrogens with one attached hydrogen (secondary N) is 4. The van der Waals surface area contributed by atoms with Crippen molar-refractivity contribution >= 4 is 39.9 Å². The summed E-state index contributed by atoms with van der Waals surface area (Å²) in [5, 5.41) is 16.5. The number of carbonyl (C=O) groups excluding carboxylic acids is 1. The van der Waals surface area contributed by atoms with Crippen molar-refractivity contribution in [2.75, 3.05) is 25.0 Å². The Morgan fingerprint density at radius 1 is 1.35 bits per heavy atom. The van der Waals surface area contributed by atoms with Gasteiger partial charge in [-0.25, -0.2) is 0 Å². The first-order chi connectivity index (χ1) is 10.7. The van der Waals surface area contributed by atoms with Gasteiger partial charge in [0.1, 0.15) is 0 Å². The molecule has 1 aromatic heterocycles. The zero-order valence-electron chi connectivity index (χ0n) is 12.5. The topological polar surface area (TPSA) is 81.8 Å². The van der Waals surface area contributed by atoms with Gasteiger partial charge in [0, 0.05) is 54.0 Å². The average Bonchev–Trinajstić information content (AvgIpc) is 2.95. The second-order valence-electron chi connectivity index (χ2n) is 5.15. The average molecular weight is 401 g/mol. The molecule has 1 aliphatic heterocycles. The van der Waals surface area contributed by atoms with Crippen LogP contribution >= 0.6 is 28.3 Å². The standard InChI is InChI=1S/C15H18BrN5O.ClH/c16-10-2-1-3-11(8-10)18-6-7-19-15(22)14-12-9-17-5-4-13(12)20-21-14;/h1-3,8,17-18H,4-7,9H2,(H,19,22)(H,20,21);1H. The molecule has 0 saturated carbocycles. The van der Waals surface area contributed by atoms with Gasteiger partial charge in [0.05, 0.1) is 0 Å². The summed E-state index contributed by atoms with van der Waals surface area (Å²) in [4.78, 5) is 12.2. The molecule has 124 valence electrons. The van der Waals surface area contributed by atoms with Crippen LogP contribution in [0.4, 0.5) is 5.69 Å². The summed E-state index contributed by atoms with van der Waals surface area (Å²) in [5.74, 6) is -0.128. The molecule has 6 nitrogen and oxygen atoms in total. The smallest absolute Gasteiger partial charge is 0.272 e. The molecule has 1 amide bonds. The number of aromatic amines is 1. The highest BCUT2D eigenvalue weighted by molar-refractivity contribution is 9.10. The number of benzene rings is 1. The van der Waals surface area contributed by atoms with E-state index in [1.165, 1.54) is 0 Å². The number of carbonyl (C=O) groups is 1. The van der Waals surface area contributed by atoms with Gasteiger partial charge in [-0.15, -0.1) is 12.4 Å². The number of halogens is 2. The lowest BCUT2D eigenvalue weighted by Crippen LogP contribution is -2.31. The van der Waals surface area contributed by atoms with Crippen molar-refractivity contribution in [1.82, 2.24) is 20.8 Å². The molecule has 2 aromatic rings. The fourth-order valence-electron chi connectivity index (χ4n) is 2.48. The van der Waals surface area contributed by atoms with Gasteiger partial charge in [-0.3, -0.25) is 9.89 Å². The Morgan fingerprint density at radius 2 is 2.22 bits per heavy atom. The largest absolute Gasteiger partial charge is 0.383 e. The van der Waals surface area contributed by atoms with Crippen LogP contribution in [0.25, 0.3) is 0 Å². The Balaban J connectivity index is 0.00000192. The minimum Gasteiger partial charge on any atom is -0.383 e. The molecule has 1 aromatic carbocycles. The molecule has 4 N–H and O–H groups in total. The van der Waals surface area contributed by atoms with E-state index in [2.05, 4.69) is 42.1 Å². The van der Waals surface area contributed by atoms with E-state index < -0.39 is 0 Å². The second-order valence-corrected chi connectivity index (χ2v) is 6.06. The summed E-state index contributed by atoms with van der Waals surface area (Å²) >= 11 is 3.43. The molecule has 2 heterocycles. The van der Waals surface area contributed by atoms with Crippen molar-refractivity contribution in [3.05, 3.63) is 45.7 Å². The van der Waals surface area contributed by atoms with Gasteiger partial charge in [0.2, 0.25) is 0 Å². The maximum atomic E-state index is 12.2. The molecule has 8 heteroatoms. The van der Waals surface area contributed by atoms with Crippen LogP contribution in [-0.2, 0) is 13.0 Å². The van der Waals surface area contributed by atoms with Crippen molar-refractivity contribution in [2.45, 2.75) is 13.0 Å². The first-order valence-corrected chi connectivity index (χ1v) is 8.08. The van der Waals surface area contributed by atoms with Crippen LogP contribution in [0.5, 0.6) is 0 Å². The van der Waals surface area contributed by atoms with Crippen LogP contribution in [0, 0.1) is 0 Å². The summed E-state index contributed by atoms with van der Waals surface area (Å²) in [5.41, 5.74) is 3.58. The minimum absolute atomic E-state index is 0. The van der Waals surface area contributed by atoms with E-state index >= 15 is 0 Å². The maximum Gasteiger partial charge on any atom is 0.272 e. The number of anilines is 1. The Labute approximate surface area is 149 Å². The third-order valence-electron chi connectivity index (χ3n) is 3.59. The molecule has 0 spiro atoms. The third-order valence-corrected chi connectivity index (χ3v) is 4.08. The summed E-state index contributed by atoms with van der Waals surface area (Å²) in [6, 6.07) is 7.93. The van der Waals surface area contributed by atoms with Crippen LogP contribution in [0.2, 0.25) is 0 Å². The fourth-order valence-corrected chi connectivity index (χ4v) is 2.88. The number of nitrogens with zero attached hydrogens (tertiary/aromatic N) is 1. The van der Waals surface area contributed by atoms with Gasteiger partial charge < -0.3 is 16.0 Å². The molecule has 0 aliphatic carbocycles. The molecule has 0 radical (unpaired) electrons. The molecule has 0 bridgehead atoms. The molecular formula is C15H19BrClN5O. The number of H-pyrrole nitrogens is 1. The summed E-state index contributed by atoms with van der Waals surface area (Å²) < 4.78 is 1.03. The number of aromatic nitrogens is 2. The van der Waals surface area contributed by atoms with Crippen LogP contribution in [-0.4, -0.2) is 35.7 Å². The van der Waals surface area contributed by atoms with Crippen molar-refractivity contribution in [2.24, 2.45) is 0 Å². The van der Waals surface area contributed by atoms with Gasteiger partial charge >= 0.3 is 0 Å². The molecule has 0 atom stereocenters. The van der Waals surface area contributed by atoms with E-state index in [-0.39, 0.29) is 18.3 Å². The van der Waals surface area contributed by atoms with Gasteiger partial charge in [0.15, 0.2) is 5.69 Å². The van der Waals surface area contributed by atoms with Crippen LogP contribution in [0.1, 0.15) is 21.7 Å². The number of hydrogen-bond donors (Lipinski definition) is 4. The Morgan fingerprint density at radius 3 is 3.04 bits per heavy atom. The quantitative estimate of drug-likeness (QED) is 0.579. The van der Waals surface area contributed by atoms with Crippen molar-refractivity contribution in [1.29, 1.82) is 0 Å². The summed E-state index contributed by atoms with van der Waals surface area (Å²) in [6.45, 7) is 2.82. The van der Waals surface area contributed by atoms with Crippen LogP contribution in [0.3, 0.4) is 0 Å². The highest BCUT2D eigenvalue weighted by Gasteiger charge is 2.20. The normalized spacial score (nSPS) is 12.9. The van der Waals surface area contributed by atoms with Crippen molar-refractivity contribution in [3.63, 3.8) is 0 Å². The molecule has 0 saturated heterocycles. The predicted molar refractivity (Wildman–Crippen MR) is 96.2 cm³/mol. The molecule has 3 rings (SSSR count). The van der Waals surface area contributed by atoms with Crippen LogP contribution < -0.4 is 16.0 Å². The molecule has 0 fully saturated rings. The number of hydrogen-bond acceptors (Lipinski definition) is 4. The number of amides is 1. The zero-order valence-corrected chi connectivity index (χ0v) is 14.9. The van der Waals surface area contributed by atoms with Crippen LogP contribution in [0.15, 0.2) is 28.7 Å². The lowest BCUT2D eigenvalue weighted by molar-refractivity contribution is 0.0949. The van der Waals surface area contributed by atoms with E-state index in [4.69, 9.17) is 0 Å². The van der Waals surface area contributed by atoms with Gasteiger partial charge in [0.25, 0.3) is 5.91 Å². The first-order valence-electron chi connectivity index (χ1n) is 7.28. The van der Waals surface area contributed by atoms with E-state index in [1.54, 1.807) is 0 Å². The SMILES string of the molecule is Cl.O=C(NCCNc1cccc(Br)c1)c1n[nH]c2c1CNCC2. The first kappa shape index (κ1) is 17.8. The molecule has 23 heavy (non-hydrogen) atoms. The second kappa shape index (κ2) is 8.33. The monoisotopic (exact) mass is 399 g/mol. The molecule has 0 unspecified atom stereocenters. The Kier molecular flexibility index (Phi) is 6.44. The van der Waals surface area contributed by atoms with Gasteiger partial charge in [-0.1, -0.05) is 22.0 Å².